The van der Waals surface area contributed by atoms with Crippen molar-refractivity contribution in [2.75, 3.05) is 13.2 Å². The summed E-state index contributed by atoms with van der Waals surface area (Å²) in [6.07, 6.45) is 0.470. The zero-order valence-corrected chi connectivity index (χ0v) is 12.3. The Bertz CT molecular complexity index is 308. The van der Waals surface area contributed by atoms with Gasteiger partial charge in [0.25, 0.3) is 0 Å². The highest BCUT2D eigenvalue weighted by atomic mass is 79.9. The van der Waals surface area contributed by atoms with Crippen molar-refractivity contribution >= 4 is 27.9 Å². The predicted octanol–water partition coefficient (Wildman–Crippen LogP) is 2.81. The summed E-state index contributed by atoms with van der Waals surface area (Å²) in [5.41, 5.74) is 0.334. The van der Waals surface area contributed by atoms with Gasteiger partial charge in [-0.1, -0.05) is 13.8 Å². The second-order valence-corrected chi connectivity index (χ2v) is 4.62. The Balaban J connectivity index is 5.05. The molecule has 0 amide bonds. The largest absolute Gasteiger partial charge is 0.463 e. The first-order chi connectivity index (χ1) is 7.93. The Hall–Kier alpha value is -0.840. The third-order valence-corrected chi connectivity index (χ3v) is 2.66. The van der Waals surface area contributed by atoms with Gasteiger partial charge in [-0.25, -0.2) is 9.59 Å². The second-order valence-electron chi connectivity index (χ2n) is 3.83. The third kappa shape index (κ3) is 5.86. The van der Waals surface area contributed by atoms with Crippen LogP contribution in [0.3, 0.4) is 0 Å². The van der Waals surface area contributed by atoms with Gasteiger partial charge < -0.3 is 9.47 Å². The van der Waals surface area contributed by atoms with Gasteiger partial charge in [-0.3, -0.25) is 0 Å². The highest BCUT2D eigenvalue weighted by molar-refractivity contribution is 9.12. The first kappa shape index (κ1) is 16.2. The third-order valence-electron chi connectivity index (χ3n) is 1.85. The van der Waals surface area contributed by atoms with Crippen molar-refractivity contribution in [3.05, 3.63) is 10.1 Å². The van der Waals surface area contributed by atoms with E-state index in [1.54, 1.807) is 13.8 Å². The molecule has 4 nitrogen and oxygen atoms in total. The van der Waals surface area contributed by atoms with Crippen LogP contribution in [0.4, 0.5) is 0 Å². The molecule has 0 aliphatic rings. The molecular weight excluding hydrogens is 288 g/mol. The minimum atomic E-state index is -0.531. The van der Waals surface area contributed by atoms with E-state index in [0.29, 0.717) is 12.0 Å². The fraction of sp³-hybridized carbons (Fsp3) is 0.667. The molecule has 0 unspecified atom stereocenters. The van der Waals surface area contributed by atoms with Crippen LogP contribution in [-0.4, -0.2) is 25.2 Å². The summed E-state index contributed by atoms with van der Waals surface area (Å²) in [4.78, 5) is 23.3. The molecule has 0 aromatic heterocycles. The Morgan fingerprint density at radius 3 is 1.94 bits per heavy atom. The van der Waals surface area contributed by atoms with Crippen molar-refractivity contribution in [2.45, 2.75) is 34.1 Å². The number of esters is 2. The van der Waals surface area contributed by atoms with E-state index in [2.05, 4.69) is 15.9 Å². The van der Waals surface area contributed by atoms with E-state index in [-0.39, 0.29) is 23.6 Å². The molecule has 0 aliphatic carbocycles. The molecule has 0 radical (unpaired) electrons. The smallest absolute Gasteiger partial charge is 0.345 e. The number of hydrogen-bond acceptors (Lipinski definition) is 4. The number of hydrogen-bond donors (Lipinski definition) is 0. The van der Waals surface area contributed by atoms with Crippen LogP contribution in [0.15, 0.2) is 10.1 Å². The molecule has 0 N–H and O–H groups in total. The zero-order valence-electron chi connectivity index (χ0n) is 10.7. The second kappa shape index (κ2) is 8.28. The first-order valence-electron chi connectivity index (χ1n) is 5.66. The number of carbonyl (C=O) groups excluding carboxylic acids is 2. The molecule has 0 rings (SSSR count). The number of halogens is 1. The average molecular weight is 307 g/mol. The van der Waals surface area contributed by atoms with Crippen LogP contribution in [0.5, 0.6) is 0 Å². The lowest BCUT2D eigenvalue weighted by Crippen LogP contribution is -2.15. The van der Waals surface area contributed by atoms with Gasteiger partial charge in [0, 0.05) is 0 Å². The van der Waals surface area contributed by atoms with Crippen molar-refractivity contribution in [1.82, 2.24) is 0 Å². The van der Waals surface area contributed by atoms with Crippen LogP contribution >= 0.6 is 15.9 Å². The molecule has 0 saturated heterocycles. The van der Waals surface area contributed by atoms with Crippen LogP contribution in [0.25, 0.3) is 0 Å². The molecular formula is C12H19BrO4. The van der Waals surface area contributed by atoms with E-state index < -0.39 is 11.9 Å². The van der Waals surface area contributed by atoms with Crippen molar-refractivity contribution in [1.29, 1.82) is 0 Å². The minimum absolute atomic E-state index is 0.159. The van der Waals surface area contributed by atoms with Crippen LogP contribution in [0.1, 0.15) is 34.1 Å². The number of carbonyl (C=O) groups is 2. The average Bonchev–Trinajstić information content (AvgIpc) is 2.25. The summed E-state index contributed by atoms with van der Waals surface area (Å²) in [6, 6.07) is 0. The lowest BCUT2D eigenvalue weighted by atomic mass is 10.0. The highest BCUT2D eigenvalue weighted by Crippen LogP contribution is 2.22. The van der Waals surface area contributed by atoms with Gasteiger partial charge in [0.05, 0.1) is 18.8 Å². The van der Waals surface area contributed by atoms with E-state index >= 15 is 0 Å². The van der Waals surface area contributed by atoms with Gasteiger partial charge in [0.1, 0.15) is 4.48 Å². The van der Waals surface area contributed by atoms with Gasteiger partial charge in [-0.05, 0) is 42.1 Å². The van der Waals surface area contributed by atoms with Crippen molar-refractivity contribution in [3.8, 4) is 0 Å². The summed E-state index contributed by atoms with van der Waals surface area (Å²) in [5.74, 6) is -0.756. The quantitative estimate of drug-likeness (QED) is 0.559. The summed E-state index contributed by atoms with van der Waals surface area (Å²) in [5, 5.41) is 0. The summed E-state index contributed by atoms with van der Waals surface area (Å²) in [7, 11) is 0. The molecule has 0 bridgehead atoms. The van der Waals surface area contributed by atoms with Crippen LogP contribution in [-0.2, 0) is 19.1 Å². The lowest BCUT2D eigenvalue weighted by molar-refractivity contribution is -0.141. The molecule has 0 saturated carbocycles. The van der Waals surface area contributed by atoms with E-state index in [0.717, 1.165) is 0 Å². The molecule has 0 atom stereocenters. The van der Waals surface area contributed by atoms with Crippen molar-refractivity contribution < 1.29 is 19.1 Å². The fourth-order valence-electron chi connectivity index (χ4n) is 1.21. The van der Waals surface area contributed by atoms with Gasteiger partial charge >= 0.3 is 11.9 Å². The van der Waals surface area contributed by atoms with Gasteiger partial charge in [-0.15, -0.1) is 0 Å². The minimum Gasteiger partial charge on any atom is -0.463 e. The monoisotopic (exact) mass is 306 g/mol. The number of ether oxygens (including phenoxy) is 2. The van der Waals surface area contributed by atoms with Crippen LogP contribution in [0.2, 0.25) is 0 Å². The SMILES string of the molecule is CCOC(=O)C(Br)=C(CC(C)C)C(=O)OCC. The zero-order chi connectivity index (χ0) is 13.4. The summed E-state index contributed by atoms with van der Waals surface area (Å²) < 4.78 is 9.92. The first-order valence-corrected chi connectivity index (χ1v) is 6.46. The Labute approximate surface area is 110 Å². The van der Waals surface area contributed by atoms with E-state index in [9.17, 15) is 9.59 Å². The molecule has 0 heterocycles. The predicted molar refractivity (Wildman–Crippen MR) is 68.7 cm³/mol. The molecule has 0 aromatic rings. The molecule has 98 valence electrons. The van der Waals surface area contributed by atoms with Crippen LogP contribution in [0, 0.1) is 5.92 Å². The fourth-order valence-corrected chi connectivity index (χ4v) is 1.64. The maximum absolute atomic E-state index is 11.7. The van der Waals surface area contributed by atoms with E-state index in [1.165, 1.54) is 0 Å². The summed E-state index contributed by atoms with van der Waals surface area (Å²) in [6.45, 7) is 7.92. The number of rotatable bonds is 6. The van der Waals surface area contributed by atoms with E-state index in [1.807, 2.05) is 13.8 Å². The maximum atomic E-state index is 11.7. The molecule has 0 fully saturated rings. The molecule has 0 aliphatic heterocycles. The standard InChI is InChI=1S/C12H19BrO4/c1-5-16-11(14)9(7-8(3)4)10(13)12(15)17-6-2/h8H,5-7H2,1-4H3. The molecule has 0 aromatic carbocycles. The Morgan fingerprint density at radius 2 is 1.53 bits per heavy atom. The molecule has 17 heavy (non-hydrogen) atoms. The summed E-state index contributed by atoms with van der Waals surface area (Å²) >= 11 is 3.11. The molecule has 5 heteroatoms. The lowest BCUT2D eigenvalue weighted by Gasteiger charge is -2.11. The van der Waals surface area contributed by atoms with Crippen molar-refractivity contribution in [3.63, 3.8) is 0 Å². The highest BCUT2D eigenvalue weighted by Gasteiger charge is 2.21. The Kier molecular flexibility index (Phi) is 7.87. The van der Waals surface area contributed by atoms with Crippen molar-refractivity contribution in [2.24, 2.45) is 5.92 Å². The van der Waals surface area contributed by atoms with E-state index in [4.69, 9.17) is 9.47 Å². The normalized spacial score (nSPS) is 12.1. The Morgan fingerprint density at radius 1 is 1.06 bits per heavy atom. The van der Waals surface area contributed by atoms with Crippen LogP contribution < -0.4 is 0 Å². The van der Waals surface area contributed by atoms with Gasteiger partial charge in [-0.2, -0.15) is 0 Å². The topological polar surface area (TPSA) is 52.6 Å². The van der Waals surface area contributed by atoms with Gasteiger partial charge in [0.15, 0.2) is 0 Å². The van der Waals surface area contributed by atoms with Gasteiger partial charge in [0.2, 0.25) is 0 Å². The molecule has 0 spiro atoms. The maximum Gasteiger partial charge on any atom is 0.345 e.